The summed E-state index contributed by atoms with van der Waals surface area (Å²) in [7, 11) is 0. The van der Waals surface area contributed by atoms with E-state index in [0.29, 0.717) is 24.2 Å². The maximum Gasteiger partial charge on any atom is 0.142 e. The molecule has 0 saturated carbocycles. The molecule has 0 bridgehead atoms. The highest BCUT2D eigenvalue weighted by Crippen LogP contribution is 2.28. The highest BCUT2D eigenvalue weighted by atomic mass is 16.5. The summed E-state index contributed by atoms with van der Waals surface area (Å²) in [6, 6.07) is 8.67. The number of ether oxygens (including phenoxy) is 2. The van der Waals surface area contributed by atoms with Gasteiger partial charge < -0.3 is 14.8 Å². The highest BCUT2D eigenvalue weighted by Gasteiger charge is 2.24. The SMILES string of the molecule is CC(C)COc1ccccc1NC1CC(C)OC(C)C1. The van der Waals surface area contributed by atoms with Crippen molar-refractivity contribution in [2.45, 2.75) is 58.8 Å². The van der Waals surface area contributed by atoms with Gasteiger partial charge >= 0.3 is 0 Å². The van der Waals surface area contributed by atoms with E-state index in [1.54, 1.807) is 0 Å². The van der Waals surface area contributed by atoms with Crippen LogP contribution in [-0.2, 0) is 4.74 Å². The first-order valence-corrected chi connectivity index (χ1v) is 7.68. The minimum absolute atomic E-state index is 0.319. The van der Waals surface area contributed by atoms with Gasteiger partial charge in [0, 0.05) is 6.04 Å². The molecule has 1 aromatic carbocycles. The maximum absolute atomic E-state index is 5.90. The van der Waals surface area contributed by atoms with Gasteiger partial charge in [0.1, 0.15) is 5.75 Å². The fourth-order valence-electron chi connectivity index (χ4n) is 2.71. The summed E-state index contributed by atoms with van der Waals surface area (Å²) < 4.78 is 11.7. The average molecular weight is 277 g/mol. The smallest absolute Gasteiger partial charge is 0.142 e. The second-order valence-corrected chi connectivity index (χ2v) is 6.27. The summed E-state index contributed by atoms with van der Waals surface area (Å²) in [5, 5.41) is 3.63. The van der Waals surface area contributed by atoms with Gasteiger partial charge in [0.2, 0.25) is 0 Å². The lowest BCUT2D eigenvalue weighted by Crippen LogP contribution is -2.37. The maximum atomic E-state index is 5.90. The summed E-state index contributed by atoms with van der Waals surface area (Å²) >= 11 is 0. The van der Waals surface area contributed by atoms with Crippen LogP contribution in [0.3, 0.4) is 0 Å². The third-order valence-corrected chi connectivity index (χ3v) is 3.52. The molecular weight excluding hydrogens is 250 g/mol. The molecule has 0 radical (unpaired) electrons. The van der Waals surface area contributed by atoms with Gasteiger partial charge in [-0.2, -0.15) is 0 Å². The number of rotatable bonds is 5. The molecule has 0 spiro atoms. The van der Waals surface area contributed by atoms with E-state index in [-0.39, 0.29) is 0 Å². The molecule has 0 aromatic heterocycles. The van der Waals surface area contributed by atoms with Gasteiger partial charge in [-0.05, 0) is 44.7 Å². The van der Waals surface area contributed by atoms with Crippen molar-refractivity contribution in [2.75, 3.05) is 11.9 Å². The van der Waals surface area contributed by atoms with E-state index in [2.05, 4.69) is 45.1 Å². The average Bonchev–Trinajstić information content (AvgIpc) is 2.36. The summed E-state index contributed by atoms with van der Waals surface area (Å²) in [6.45, 7) is 9.37. The molecule has 3 nitrogen and oxygen atoms in total. The summed E-state index contributed by atoms with van der Waals surface area (Å²) in [4.78, 5) is 0. The number of para-hydroxylation sites is 2. The molecule has 1 fully saturated rings. The molecule has 0 aliphatic carbocycles. The van der Waals surface area contributed by atoms with Crippen LogP contribution in [0.1, 0.15) is 40.5 Å². The minimum Gasteiger partial charge on any atom is -0.491 e. The summed E-state index contributed by atoms with van der Waals surface area (Å²) in [6.07, 6.45) is 2.73. The monoisotopic (exact) mass is 277 g/mol. The van der Waals surface area contributed by atoms with Crippen LogP contribution in [0.4, 0.5) is 5.69 Å². The fourth-order valence-corrected chi connectivity index (χ4v) is 2.71. The van der Waals surface area contributed by atoms with E-state index in [1.807, 2.05) is 12.1 Å². The second kappa shape index (κ2) is 6.98. The van der Waals surface area contributed by atoms with Crippen LogP contribution in [-0.4, -0.2) is 24.9 Å². The van der Waals surface area contributed by atoms with Gasteiger partial charge in [0.15, 0.2) is 0 Å². The van der Waals surface area contributed by atoms with E-state index >= 15 is 0 Å². The Kier molecular flexibility index (Phi) is 5.30. The zero-order chi connectivity index (χ0) is 14.5. The predicted molar refractivity (Wildman–Crippen MR) is 83.4 cm³/mol. The van der Waals surface area contributed by atoms with Crippen molar-refractivity contribution in [3.8, 4) is 5.75 Å². The standard InChI is InChI=1S/C17H27NO2/c1-12(2)11-19-17-8-6-5-7-16(17)18-15-9-13(3)20-14(4)10-15/h5-8,12-15,18H,9-11H2,1-4H3. The molecule has 1 aromatic rings. The predicted octanol–water partition coefficient (Wildman–Crippen LogP) is 4.09. The first-order chi connectivity index (χ1) is 9.54. The number of anilines is 1. The van der Waals surface area contributed by atoms with Gasteiger partial charge in [-0.15, -0.1) is 0 Å². The number of hydrogen-bond donors (Lipinski definition) is 1. The van der Waals surface area contributed by atoms with Crippen molar-refractivity contribution in [1.82, 2.24) is 0 Å². The van der Waals surface area contributed by atoms with Crippen molar-refractivity contribution >= 4 is 5.69 Å². The molecule has 1 aliphatic rings. The van der Waals surface area contributed by atoms with Crippen LogP contribution in [0, 0.1) is 5.92 Å². The van der Waals surface area contributed by atoms with Gasteiger partial charge in [0.05, 0.1) is 24.5 Å². The Balaban J connectivity index is 2.01. The molecule has 1 saturated heterocycles. The van der Waals surface area contributed by atoms with Crippen LogP contribution >= 0.6 is 0 Å². The normalized spacial score (nSPS) is 26.6. The van der Waals surface area contributed by atoms with Crippen molar-refractivity contribution in [1.29, 1.82) is 0 Å². The molecule has 0 amide bonds. The topological polar surface area (TPSA) is 30.5 Å². The van der Waals surface area contributed by atoms with Crippen LogP contribution < -0.4 is 10.1 Å². The summed E-state index contributed by atoms with van der Waals surface area (Å²) in [5.41, 5.74) is 1.10. The fraction of sp³-hybridized carbons (Fsp3) is 0.647. The van der Waals surface area contributed by atoms with E-state index in [1.165, 1.54) is 0 Å². The molecule has 3 heteroatoms. The number of benzene rings is 1. The van der Waals surface area contributed by atoms with Crippen LogP contribution in [0.5, 0.6) is 5.75 Å². The highest BCUT2D eigenvalue weighted by molar-refractivity contribution is 5.56. The van der Waals surface area contributed by atoms with E-state index in [9.17, 15) is 0 Å². The van der Waals surface area contributed by atoms with Crippen LogP contribution in [0.2, 0.25) is 0 Å². The van der Waals surface area contributed by atoms with Crippen molar-refractivity contribution in [2.24, 2.45) is 5.92 Å². The lowest BCUT2D eigenvalue weighted by molar-refractivity contribution is -0.0338. The van der Waals surface area contributed by atoms with Crippen molar-refractivity contribution < 1.29 is 9.47 Å². The quantitative estimate of drug-likeness (QED) is 0.879. The van der Waals surface area contributed by atoms with Crippen LogP contribution in [0.15, 0.2) is 24.3 Å². The Morgan fingerprint density at radius 1 is 1.20 bits per heavy atom. The third kappa shape index (κ3) is 4.41. The first-order valence-electron chi connectivity index (χ1n) is 7.68. The number of nitrogens with one attached hydrogen (secondary N) is 1. The second-order valence-electron chi connectivity index (χ2n) is 6.27. The van der Waals surface area contributed by atoms with Gasteiger partial charge in [0.25, 0.3) is 0 Å². The van der Waals surface area contributed by atoms with E-state index in [4.69, 9.17) is 9.47 Å². The van der Waals surface area contributed by atoms with Gasteiger partial charge in [-0.3, -0.25) is 0 Å². The van der Waals surface area contributed by atoms with Gasteiger partial charge in [-0.25, -0.2) is 0 Å². The molecule has 112 valence electrons. The zero-order valence-corrected chi connectivity index (χ0v) is 13.1. The first kappa shape index (κ1) is 15.2. The molecule has 2 unspecified atom stereocenters. The molecule has 1 N–H and O–H groups in total. The lowest BCUT2D eigenvalue weighted by atomic mass is 9.99. The van der Waals surface area contributed by atoms with Crippen LogP contribution in [0.25, 0.3) is 0 Å². The Hall–Kier alpha value is -1.22. The molecule has 1 aliphatic heterocycles. The lowest BCUT2D eigenvalue weighted by Gasteiger charge is -2.33. The molecule has 2 atom stereocenters. The molecular formula is C17H27NO2. The van der Waals surface area contributed by atoms with E-state index in [0.717, 1.165) is 30.9 Å². The minimum atomic E-state index is 0.319. The Morgan fingerprint density at radius 2 is 1.85 bits per heavy atom. The van der Waals surface area contributed by atoms with E-state index < -0.39 is 0 Å². The molecule has 1 heterocycles. The Bertz CT molecular complexity index is 409. The molecule has 2 rings (SSSR count). The van der Waals surface area contributed by atoms with Crippen molar-refractivity contribution in [3.63, 3.8) is 0 Å². The van der Waals surface area contributed by atoms with Crippen molar-refractivity contribution in [3.05, 3.63) is 24.3 Å². The summed E-state index contributed by atoms with van der Waals surface area (Å²) in [5.74, 6) is 1.49. The zero-order valence-electron chi connectivity index (χ0n) is 13.1. The largest absolute Gasteiger partial charge is 0.491 e. The third-order valence-electron chi connectivity index (χ3n) is 3.52. The Labute approximate surface area is 122 Å². The van der Waals surface area contributed by atoms with Gasteiger partial charge in [-0.1, -0.05) is 26.0 Å². The number of hydrogen-bond acceptors (Lipinski definition) is 3. The Morgan fingerprint density at radius 3 is 2.50 bits per heavy atom. The molecule has 20 heavy (non-hydrogen) atoms.